The van der Waals surface area contributed by atoms with Gasteiger partial charge in [-0.25, -0.2) is 19.9 Å². The minimum Gasteiger partial charge on any atom is -0.274 e. The molecule has 0 amide bonds. The highest BCUT2D eigenvalue weighted by Gasteiger charge is 2.41. The van der Waals surface area contributed by atoms with Crippen molar-refractivity contribution in [2.24, 2.45) is 0 Å². The minimum atomic E-state index is -0.192. The van der Waals surface area contributed by atoms with Crippen LogP contribution in [0.4, 0.5) is 0 Å². The molecule has 0 saturated carbocycles. The highest BCUT2D eigenvalue weighted by Crippen LogP contribution is 2.52. The van der Waals surface area contributed by atoms with E-state index < -0.39 is 0 Å². The van der Waals surface area contributed by atoms with Crippen molar-refractivity contribution in [1.82, 2.24) is 24.5 Å². The second kappa shape index (κ2) is 6.81. The monoisotopic (exact) mass is 439 g/mol. The summed E-state index contributed by atoms with van der Waals surface area (Å²) in [5, 5.41) is 1.03. The van der Waals surface area contributed by atoms with Gasteiger partial charge in [-0.05, 0) is 11.6 Å². The Labute approximate surface area is 196 Å². The van der Waals surface area contributed by atoms with Crippen LogP contribution in [0.5, 0.6) is 0 Å². The third kappa shape index (κ3) is 2.49. The number of hydrogen-bond donors (Lipinski definition) is 0. The van der Waals surface area contributed by atoms with Crippen LogP contribution in [0.2, 0.25) is 0 Å². The molecule has 0 saturated heterocycles. The van der Waals surface area contributed by atoms with Gasteiger partial charge in [0, 0.05) is 27.5 Å². The SMILES string of the molecule is CC1(C)c2ccccc2-c2c1c1ncncc1n2-c1nc(-c2ccccc2)c2ccccc2n1. The van der Waals surface area contributed by atoms with Crippen LogP contribution in [0.25, 0.3) is 50.4 Å². The fourth-order valence-corrected chi connectivity index (χ4v) is 5.43. The summed E-state index contributed by atoms with van der Waals surface area (Å²) in [6.07, 6.45) is 3.50. The summed E-state index contributed by atoms with van der Waals surface area (Å²) in [6, 6.07) is 27.1. The molecule has 3 heterocycles. The second-order valence-corrected chi connectivity index (χ2v) is 9.24. The lowest BCUT2D eigenvalue weighted by Crippen LogP contribution is -2.15. The minimum absolute atomic E-state index is 0.192. The molecule has 3 aromatic carbocycles. The van der Waals surface area contributed by atoms with Crippen LogP contribution in [0.3, 0.4) is 0 Å². The maximum Gasteiger partial charge on any atom is 0.235 e. The largest absolute Gasteiger partial charge is 0.274 e. The number of nitrogens with zero attached hydrogens (tertiary/aromatic N) is 5. The van der Waals surface area contributed by atoms with Crippen molar-refractivity contribution in [2.45, 2.75) is 19.3 Å². The molecular formula is C29H21N5. The first kappa shape index (κ1) is 19.1. The van der Waals surface area contributed by atoms with Crippen LogP contribution in [0.15, 0.2) is 91.4 Å². The lowest BCUT2D eigenvalue weighted by Gasteiger charge is -2.20. The zero-order valence-corrected chi connectivity index (χ0v) is 18.9. The first-order valence-electron chi connectivity index (χ1n) is 11.4. The number of fused-ring (bicyclic) bond motifs is 6. The molecule has 0 atom stereocenters. The van der Waals surface area contributed by atoms with Gasteiger partial charge in [-0.2, -0.15) is 0 Å². The Morgan fingerprint density at radius 3 is 2.44 bits per heavy atom. The van der Waals surface area contributed by atoms with Gasteiger partial charge >= 0.3 is 0 Å². The summed E-state index contributed by atoms with van der Waals surface area (Å²) >= 11 is 0. The summed E-state index contributed by atoms with van der Waals surface area (Å²) in [4.78, 5) is 19.3. The number of aromatic nitrogens is 5. The van der Waals surface area contributed by atoms with Gasteiger partial charge in [-0.1, -0.05) is 86.6 Å². The van der Waals surface area contributed by atoms with Gasteiger partial charge in [-0.15, -0.1) is 0 Å². The summed E-state index contributed by atoms with van der Waals surface area (Å²) in [5.41, 5.74) is 9.35. The molecule has 1 aliphatic rings. The Morgan fingerprint density at radius 2 is 1.56 bits per heavy atom. The van der Waals surface area contributed by atoms with Crippen molar-refractivity contribution in [2.75, 3.05) is 0 Å². The quantitative estimate of drug-likeness (QED) is 0.316. The van der Waals surface area contributed by atoms with Crippen LogP contribution in [-0.2, 0) is 5.41 Å². The molecule has 162 valence electrons. The Hall–Kier alpha value is -4.38. The van der Waals surface area contributed by atoms with E-state index in [4.69, 9.17) is 15.0 Å². The van der Waals surface area contributed by atoms with E-state index in [-0.39, 0.29) is 5.41 Å². The molecule has 5 heteroatoms. The van der Waals surface area contributed by atoms with E-state index in [9.17, 15) is 0 Å². The maximum atomic E-state index is 5.16. The van der Waals surface area contributed by atoms with Crippen LogP contribution >= 0.6 is 0 Å². The van der Waals surface area contributed by atoms with Crippen molar-refractivity contribution in [3.05, 3.63) is 103 Å². The average Bonchev–Trinajstić information content (AvgIpc) is 3.35. The number of para-hydroxylation sites is 1. The molecule has 6 aromatic rings. The Bertz CT molecular complexity index is 1730. The first-order valence-corrected chi connectivity index (χ1v) is 11.4. The third-order valence-corrected chi connectivity index (χ3v) is 6.95. The van der Waals surface area contributed by atoms with Crippen molar-refractivity contribution >= 4 is 21.9 Å². The van der Waals surface area contributed by atoms with Gasteiger partial charge in [0.1, 0.15) is 6.33 Å². The zero-order chi connectivity index (χ0) is 22.9. The standard InChI is InChI=1S/C29H21N5/c1-29(2)21-14-8-6-12-19(21)27-24(29)26-23(16-30-17-31-26)34(27)28-32-22-15-9-7-13-20(22)25(33-28)18-10-4-3-5-11-18/h3-17H,1-2H3. The molecule has 0 fully saturated rings. The van der Waals surface area contributed by atoms with Gasteiger partial charge in [0.15, 0.2) is 0 Å². The van der Waals surface area contributed by atoms with E-state index in [2.05, 4.69) is 65.9 Å². The van der Waals surface area contributed by atoms with E-state index in [0.717, 1.165) is 38.9 Å². The smallest absolute Gasteiger partial charge is 0.235 e. The second-order valence-electron chi connectivity index (χ2n) is 9.24. The lowest BCUT2D eigenvalue weighted by molar-refractivity contribution is 0.664. The zero-order valence-electron chi connectivity index (χ0n) is 18.9. The van der Waals surface area contributed by atoms with Crippen molar-refractivity contribution in [3.63, 3.8) is 0 Å². The van der Waals surface area contributed by atoms with Crippen LogP contribution in [-0.4, -0.2) is 24.5 Å². The predicted octanol–water partition coefficient (Wildman–Crippen LogP) is 6.34. The highest BCUT2D eigenvalue weighted by atomic mass is 15.2. The van der Waals surface area contributed by atoms with Gasteiger partial charge < -0.3 is 0 Å². The molecule has 0 spiro atoms. The van der Waals surface area contributed by atoms with Gasteiger partial charge in [-0.3, -0.25) is 4.57 Å². The van der Waals surface area contributed by atoms with Gasteiger partial charge in [0.05, 0.1) is 34.1 Å². The molecule has 0 unspecified atom stereocenters. The molecule has 0 N–H and O–H groups in total. The molecule has 0 radical (unpaired) electrons. The van der Waals surface area contributed by atoms with E-state index in [1.54, 1.807) is 6.33 Å². The van der Waals surface area contributed by atoms with Crippen LogP contribution in [0, 0.1) is 0 Å². The third-order valence-electron chi connectivity index (χ3n) is 6.95. The molecule has 34 heavy (non-hydrogen) atoms. The van der Waals surface area contributed by atoms with Gasteiger partial charge in [0.2, 0.25) is 5.95 Å². The molecule has 0 bridgehead atoms. The van der Waals surface area contributed by atoms with Crippen molar-refractivity contribution < 1.29 is 0 Å². The molecule has 5 nitrogen and oxygen atoms in total. The number of hydrogen-bond acceptors (Lipinski definition) is 4. The van der Waals surface area contributed by atoms with Crippen LogP contribution in [0.1, 0.15) is 25.0 Å². The van der Waals surface area contributed by atoms with Gasteiger partial charge in [0.25, 0.3) is 0 Å². The van der Waals surface area contributed by atoms with E-state index >= 15 is 0 Å². The summed E-state index contributed by atoms with van der Waals surface area (Å²) in [5.74, 6) is 0.631. The fraction of sp³-hybridized carbons (Fsp3) is 0.103. The normalized spacial score (nSPS) is 13.8. The van der Waals surface area contributed by atoms with Crippen LogP contribution < -0.4 is 0 Å². The van der Waals surface area contributed by atoms with E-state index in [1.807, 2.05) is 42.6 Å². The Morgan fingerprint density at radius 1 is 0.794 bits per heavy atom. The fourth-order valence-electron chi connectivity index (χ4n) is 5.43. The lowest BCUT2D eigenvalue weighted by atomic mass is 9.82. The Kier molecular flexibility index (Phi) is 3.83. The number of benzene rings is 3. The summed E-state index contributed by atoms with van der Waals surface area (Å²) in [7, 11) is 0. The number of rotatable bonds is 2. The van der Waals surface area contributed by atoms with Crippen molar-refractivity contribution in [3.8, 4) is 28.5 Å². The molecule has 3 aromatic heterocycles. The van der Waals surface area contributed by atoms with E-state index in [0.29, 0.717) is 5.95 Å². The first-order chi connectivity index (χ1) is 16.6. The van der Waals surface area contributed by atoms with E-state index in [1.165, 1.54) is 16.7 Å². The molecule has 0 aliphatic heterocycles. The highest BCUT2D eigenvalue weighted by molar-refractivity contribution is 5.97. The molecule has 1 aliphatic carbocycles. The average molecular weight is 440 g/mol. The van der Waals surface area contributed by atoms with Crippen molar-refractivity contribution in [1.29, 1.82) is 0 Å². The topological polar surface area (TPSA) is 56.5 Å². The summed E-state index contributed by atoms with van der Waals surface area (Å²) < 4.78 is 2.15. The Balaban J connectivity index is 1.63. The maximum absolute atomic E-state index is 5.16. The molecule has 7 rings (SSSR count). The summed E-state index contributed by atoms with van der Waals surface area (Å²) in [6.45, 7) is 4.53. The molecular weight excluding hydrogens is 418 g/mol. The predicted molar refractivity (Wildman–Crippen MR) is 135 cm³/mol.